The molecule has 2 aromatic carbocycles. The highest BCUT2D eigenvalue weighted by atomic mass is 16.5. The van der Waals surface area contributed by atoms with E-state index in [-0.39, 0.29) is 5.91 Å². The fraction of sp³-hybridized carbons (Fsp3) is 0.348. The number of nitrogens with zero attached hydrogens (tertiary/aromatic N) is 3. The van der Waals surface area contributed by atoms with Gasteiger partial charge in [-0.3, -0.25) is 4.79 Å². The van der Waals surface area contributed by atoms with E-state index in [1.807, 2.05) is 42.5 Å². The molecular weight excluding hydrogens is 364 g/mol. The summed E-state index contributed by atoms with van der Waals surface area (Å²) >= 11 is 0. The van der Waals surface area contributed by atoms with Crippen LogP contribution < -0.4 is 5.32 Å². The van der Waals surface area contributed by atoms with Gasteiger partial charge < -0.3 is 14.7 Å². The maximum Gasteiger partial charge on any atom is 0.258 e. The van der Waals surface area contributed by atoms with Crippen LogP contribution in [0.3, 0.4) is 0 Å². The Bertz CT molecular complexity index is 946. The minimum absolute atomic E-state index is 0.0833. The van der Waals surface area contributed by atoms with Gasteiger partial charge in [0.1, 0.15) is 0 Å². The number of likely N-dealkylation sites (tertiary alicyclic amines) is 1. The standard InChI is InChI=1S/C23H26N4O2/c1-17-10-13-27(14-11-17)15-12-24-22(28)19-8-5-9-20(16-19)23-25-21(26-29-23)18-6-3-2-4-7-18/h2-9,16-17H,10-15H2,1H3,(H,24,28). The Morgan fingerprint density at radius 3 is 2.66 bits per heavy atom. The van der Waals surface area contributed by atoms with E-state index in [1.54, 1.807) is 12.1 Å². The molecule has 0 spiro atoms. The fourth-order valence-corrected chi connectivity index (χ4v) is 3.55. The van der Waals surface area contributed by atoms with E-state index in [1.165, 1.54) is 12.8 Å². The molecule has 29 heavy (non-hydrogen) atoms. The summed E-state index contributed by atoms with van der Waals surface area (Å²) in [5.74, 6) is 1.67. The first-order chi connectivity index (χ1) is 14.2. The van der Waals surface area contributed by atoms with Gasteiger partial charge in [0.15, 0.2) is 0 Å². The zero-order chi connectivity index (χ0) is 20.1. The molecule has 150 valence electrons. The lowest BCUT2D eigenvalue weighted by molar-refractivity contribution is 0.0944. The Morgan fingerprint density at radius 2 is 1.86 bits per heavy atom. The summed E-state index contributed by atoms with van der Waals surface area (Å²) < 4.78 is 5.41. The number of carbonyl (C=O) groups is 1. The first kappa shape index (κ1) is 19.3. The second-order valence-corrected chi connectivity index (χ2v) is 7.65. The van der Waals surface area contributed by atoms with Crippen molar-refractivity contribution >= 4 is 5.91 Å². The molecule has 0 aliphatic carbocycles. The van der Waals surface area contributed by atoms with Gasteiger partial charge in [-0.1, -0.05) is 48.5 Å². The zero-order valence-corrected chi connectivity index (χ0v) is 16.7. The van der Waals surface area contributed by atoms with Crippen molar-refractivity contribution in [3.05, 3.63) is 60.2 Å². The molecule has 1 amide bonds. The van der Waals surface area contributed by atoms with Gasteiger partial charge in [0.05, 0.1) is 0 Å². The Balaban J connectivity index is 1.37. The number of aromatic nitrogens is 2. The summed E-state index contributed by atoms with van der Waals surface area (Å²) in [4.78, 5) is 19.4. The third-order valence-electron chi connectivity index (χ3n) is 5.42. The number of hydrogen-bond acceptors (Lipinski definition) is 5. The first-order valence-corrected chi connectivity index (χ1v) is 10.2. The fourth-order valence-electron chi connectivity index (χ4n) is 3.55. The number of amides is 1. The van der Waals surface area contributed by atoms with Gasteiger partial charge in [-0.05, 0) is 50.0 Å². The highest BCUT2D eigenvalue weighted by Crippen LogP contribution is 2.23. The van der Waals surface area contributed by atoms with Crippen LogP contribution in [0.1, 0.15) is 30.1 Å². The van der Waals surface area contributed by atoms with E-state index in [0.29, 0.717) is 23.8 Å². The maximum atomic E-state index is 12.6. The molecule has 6 heteroatoms. The molecule has 1 fully saturated rings. The van der Waals surface area contributed by atoms with Crippen molar-refractivity contribution in [2.24, 2.45) is 5.92 Å². The molecule has 0 saturated carbocycles. The van der Waals surface area contributed by atoms with E-state index in [9.17, 15) is 4.79 Å². The van der Waals surface area contributed by atoms with Crippen LogP contribution in [0.2, 0.25) is 0 Å². The van der Waals surface area contributed by atoms with Gasteiger partial charge in [-0.25, -0.2) is 0 Å². The molecule has 6 nitrogen and oxygen atoms in total. The third-order valence-corrected chi connectivity index (χ3v) is 5.42. The van der Waals surface area contributed by atoms with Crippen LogP contribution in [0.25, 0.3) is 22.8 Å². The predicted molar refractivity (Wildman–Crippen MR) is 112 cm³/mol. The minimum atomic E-state index is -0.0833. The van der Waals surface area contributed by atoms with Crippen LogP contribution in [-0.2, 0) is 0 Å². The molecular formula is C23H26N4O2. The molecule has 1 N–H and O–H groups in total. The van der Waals surface area contributed by atoms with E-state index in [0.717, 1.165) is 36.7 Å². The molecule has 0 unspecified atom stereocenters. The Labute approximate surface area is 170 Å². The molecule has 0 atom stereocenters. The van der Waals surface area contributed by atoms with Crippen molar-refractivity contribution in [3.63, 3.8) is 0 Å². The van der Waals surface area contributed by atoms with Crippen LogP contribution in [0.5, 0.6) is 0 Å². The number of benzene rings is 2. The normalized spacial score (nSPS) is 15.3. The van der Waals surface area contributed by atoms with E-state index < -0.39 is 0 Å². The molecule has 0 radical (unpaired) electrons. The largest absolute Gasteiger partial charge is 0.351 e. The molecule has 2 heterocycles. The monoisotopic (exact) mass is 390 g/mol. The van der Waals surface area contributed by atoms with Gasteiger partial charge in [-0.2, -0.15) is 4.98 Å². The molecule has 1 aliphatic heterocycles. The quantitative estimate of drug-likeness (QED) is 0.692. The number of rotatable bonds is 6. The van der Waals surface area contributed by atoms with Gasteiger partial charge in [-0.15, -0.1) is 0 Å². The summed E-state index contributed by atoms with van der Waals surface area (Å²) in [7, 11) is 0. The second kappa shape index (κ2) is 9.01. The highest BCUT2D eigenvalue weighted by molar-refractivity contribution is 5.95. The van der Waals surface area contributed by atoms with Crippen molar-refractivity contribution in [2.75, 3.05) is 26.2 Å². The lowest BCUT2D eigenvalue weighted by Gasteiger charge is -2.30. The molecule has 1 aromatic heterocycles. The van der Waals surface area contributed by atoms with Crippen molar-refractivity contribution in [1.29, 1.82) is 0 Å². The Morgan fingerprint density at radius 1 is 1.10 bits per heavy atom. The SMILES string of the molecule is CC1CCN(CCNC(=O)c2cccc(-c3nc(-c4ccccc4)no3)c2)CC1. The van der Waals surface area contributed by atoms with Crippen LogP contribution in [0.4, 0.5) is 0 Å². The number of hydrogen-bond donors (Lipinski definition) is 1. The molecule has 1 saturated heterocycles. The van der Waals surface area contributed by atoms with Gasteiger partial charge >= 0.3 is 0 Å². The lowest BCUT2D eigenvalue weighted by atomic mass is 9.99. The third kappa shape index (κ3) is 4.90. The van der Waals surface area contributed by atoms with Crippen LogP contribution >= 0.6 is 0 Å². The summed E-state index contributed by atoms with van der Waals surface area (Å²) in [6, 6.07) is 17.0. The number of nitrogens with one attached hydrogen (secondary N) is 1. The van der Waals surface area contributed by atoms with Crippen molar-refractivity contribution in [2.45, 2.75) is 19.8 Å². The molecule has 1 aliphatic rings. The first-order valence-electron chi connectivity index (χ1n) is 10.2. The number of carbonyl (C=O) groups excluding carboxylic acids is 1. The summed E-state index contributed by atoms with van der Waals surface area (Å²) in [5, 5.41) is 7.07. The molecule has 4 rings (SSSR count). The van der Waals surface area contributed by atoms with E-state index in [4.69, 9.17) is 4.52 Å². The second-order valence-electron chi connectivity index (χ2n) is 7.65. The van der Waals surface area contributed by atoms with Crippen molar-refractivity contribution in [3.8, 4) is 22.8 Å². The maximum absolute atomic E-state index is 12.6. The number of piperidine rings is 1. The summed E-state index contributed by atoms with van der Waals surface area (Å²) in [6.07, 6.45) is 2.48. The molecule has 3 aromatic rings. The molecule has 0 bridgehead atoms. The average molecular weight is 390 g/mol. The van der Waals surface area contributed by atoms with Crippen molar-refractivity contribution < 1.29 is 9.32 Å². The van der Waals surface area contributed by atoms with Crippen LogP contribution in [0.15, 0.2) is 59.1 Å². The Hall–Kier alpha value is -2.99. The lowest BCUT2D eigenvalue weighted by Crippen LogP contribution is -2.39. The van der Waals surface area contributed by atoms with Crippen molar-refractivity contribution in [1.82, 2.24) is 20.4 Å². The zero-order valence-electron chi connectivity index (χ0n) is 16.7. The smallest absolute Gasteiger partial charge is 0.258 e. The van der Waals surface area contributed by atoms with Crippen LogP contribution in [-0.4, -0.2) is 47.1 Å². The summed E-state index contributed by atoms with van der Waals surface area (Å²) in [5.41, 5.74) is 2.22. The van der Waals surface area contributed by atoms with E-state index in [2.05, 4.69) is 27.3 Å². The van der Waals surface area contributed by atoms with Gasteiger partial charge in [0, 0.05) is 29.8 Å². The van der Waals surface area contributed by atoms with Gasteiger partial charge in [0.25, 0.3) is 11.8 Å². The van der Waals surface area contributed by atoms with Gasteiger partial charge in [0.2, 0.25) is 5.82 Å². The Kier molecular flexibility index (Phi) is 6.00. The summed E-state index contributed by atoms with van der Waals surface area (Å²) in [6.45, 7) is 6.08. The topological polar surface area (TPSA) is 71.3 Å². The highest BCUT2D eigenvalue weighted by Gasteiger charge is 2.16. The predicted octanol–water partition coefficient (Wildman–Crippen LogP) is 3.87. The van der Waals surface area contributed by atoms with Crippen LogP contribution in [0, 0.1) is 5.92 Å². The minimum Gasteiger partial charge on any atom is -0.351 e. The van der Waals surface area contributed by atoms with E-state index >= 15 is 0 Å². The average Bonchev–Trinajstić information content (AvgIpc) is 3.26.